The summed E-state index contributed by atoms with van der Waals surface area (Å²) >= 11 is 0. The summed E-state index contributed by atoms with van der Waals surface area (Å²) in [5, 5.41) is 20.7. The smallest absolute Gasteiger partial charge is 0.462 e. The zero-order valence-corrected chi connectivity index (χ0v) is 40.0. The minimum absolute atomic E-state index is 0.00331. The van der Waals surface area contributed by atoms with Crippen LogP contribution in [0, 0.1) is 11.8 Å². The van der Waals surface area contributed by atoms with Gasteiger partial charge in [0.15, 0.2) is 6.10 Å². The minimum Gasteiger partial charge on any atom is -0.462 e. The van der Waals surface area contributed by atoms with E-state index in [0.29, 0.717) is 43.1 Å². The van der Waals surface area contributed by atoms with Crippen LogP contribution < -0.4 is 0 Å². The molecule has 356 valence electrons. The summed E-state index contributed by atoms with van der Waals surface area (Å²) in [4.78, 5) is 48.2. The van der Waals surface area contributed by atoms with Crippen molar-refractivity contribution < 1.29 is 57.1 Å². The first-order chi connectivity index (χ1) is 29.2. The van der Waals surface area contributed by atoms with Gasteiger partial charge >= 0.3 is 19.8 Å². The summed E-state index contributed by atoms with van der Waals surface area (Å²) in [7, 11) is 1.34. The summed E-state index contributed by atoms with van der Waals surface area (Å²) in [6.07, 6.45) is 31.6. The highest BCUT2D eigenvalue weighted by atomic mass is 31.2. The molecule has 1 fully saturated rings. The molecule has 0 heterocycles. The van der Waals surface area contributed by atoms with E-state index in [9.17, 15) is 34.1 Å². The number of unbranched alkanes of at least 4 members (excludes halogenated alkanes) is 19. The number of ketones is 1. The number of allylic oxidation sites excluding steroid dienone is 2. The zero-order valence-electron chi connectivity index (χ0n) is 39.1. The fourth-order valence-electron chi connectivity index (χ4n) is 7.47. The largest absolute Gasteiger partial charge is 0.472 e. The van der Waals surface area contributed by atoms with E-state index in [4.69, 9.17) is 18.5 Å². The van der Waals surface area contributed by atoms with Crippen molar-refractivity contribution in [1.29, 1.82) is 0 Å². The Bertz CT molecular complexity index is 1250. The number of hydrogen-bond acceptors (Lipinski definition) is 10. The van der Waals surface area contributed by atoms with Gasteiger partial charge in [0.05, 0.1) is 40.0 Å². The number of nitrogens with zero attached hydrogens (tertiary/aromatic N) is 1. The summed E-state index contributed by atoms with van der Waals surface area (Å²) < 4.78 is 34.3. The van der Waals surface area contributed by atoms with Crippen molar-refractivity contribution >= 4 is 25.5 Å². The summed E-state index contributed by atoms with van der Waals surface area (Å²) in [6, 6.07) is 0. The molecule has 0 aliphatic heterocycles. The van der Waals surface area contributed by atoms with Crippen LogP contribution in [-0.4, -0.2) is 103 Å². The fourth-order valence-corrected chi connectivity index (χ4v) is 8.21. The van der Waals surface area contributed by atoms with Crippen molar-refractivity contribution in [3.8, 4) is 0 Å². The number of aliphatic hydroxyl groups excluding tert-OH is 2. The molecule has 0 amide bonds. The van der Waals surface area contributed by atoms with Crippen molar-refractivity contribution in [3.05, 3.63) is 24.3 Å². The number of carbonyl (C=O) groups is 3. The molecule has 0 aromatic rings. The predicted octanol–water partition coefficient (Wildman–Crippen LogP) is 10.5. The lowest BCUT2D eigenvalue weighted by molar-refractivity contribution is -0.870. The van der Waals surface area contributed by atoms with Gasteiger partial charge in [-0.15, -0.1) is 0 Å². The second kappa shape index (κ2) is 35.4. The third kappa shape index (κ3) is 32.4. The average Bonchev–Trinajstić information content (AvgIpc) is 3.47. The Kier molecular flexibility index (Phi) is 33.2. The maximum atomic E-state index is 12.8. The van der Waals surface area contributed by atoms with Gasteiger partial charge in [0.25, 0.3) is 0 Å². The maximum absolute atomic E-state index is 12.8. The first-order valence-corrected chi connectivity index (χ1v) is 25.7. The lowest BCUT2D eigenvalue weighted by atomic mass is 9.90. The maximum Gasteiger partial charge on any atom is 0.472 e. The number of aliphatic hydroxyl groups is 2. The number of carbonyl (C=O) groups excluding carboxylic acids is 3. The number of hydrogen-bond donors (Lipinski definition) is 3. The molecule has 3 N–H and O–H groups in total. The third-order valence-electron chi connectivity index (χ3n) is 11.4. The molecule has 1 aliphatic carbocycles. The van der Waals surface area contributed by atoms with Gasteiger partial charge in [-0.1, -0.05) is 160 Å². The molecule has 0 spiro atoms. The lowest BCUT2D eigenvalue weighted by Crippen LogP contribution is -2.37. The third-order valence-corrected chi connectivity index (χ3v) is 12.3. The van der Waals surface area contributed by atoms with Crippen LogP contribution in [0.5, 0.6) is 0 Å². The van der Waals surface area contributed by atoms with Crippen LogP contribution in [-0.2, 0) is 37.5 Å². The predicted molar refractivity (Wildman–Crippen MR) is 244 cm³/mol. The average molecular weight is 887 g/mol. The van der Waals surface area contributed by atoms with Gasteiger partial charge in [-0.2, -0.15) is 0 Å². The molecular weight excluding hydrogens is 797 g/mol. The molecule has 0 aromatic carbocycles. The number of esters is 2. The van der Waals surface area contributed by atoms with E-state index in [1.54, 1.807) is 12.2 Å². The molecule has 0 radical (unpaired) electrons. The van der Waals surface area contributed by atoms with Gasteiger partial charge in [-0.3, -0.25) is 23.4 Å². The van der Waals surface area contributed by atoms with Gasteiger partial charge < -0.3 is 29.1 Å². The minimum atomic E-state index is -4.44. The van der Waals surface area contributed by atoms with Crippen LogP contribution in [0.2, 0.25) is 0 Å². The Morgan fingerprint density at radius 1 is 0.754 bits per heavy atom. The number of rotatable bonds is 40. The van der Waals surface area contributed by atoms with E-state index in [1.807, 2.05) is 33.3 Å². The Labute approximate surface area is 370 Å². The number of phosphoric ester groups is 1. The van der Waals surface area contributed by atoms with E-state index >= 15 is 0 Å². The number of Topliss-reactive ketones (excluding diaryl/α,β-unsaturated/α-hetero) is 1. The van der Waals surface area contributed by atoms with Crippen LogP contribution in [0.4, 0.5) is 0 Å². The molecule has 1 rings (SSSR count). The van der Waals surface area contributed by atoms with Gasteiger partial charge in [0, 0.05) is 31.1 Å². The first-order valence-electron chi connectivity index (χ1n) is 24.2. The molecule has 1 aliphatic rings. The van der Waals surface area contributed by atoms with Gasteiger partial charge in [0.1, 0.15) is 25.5 Å². The molecule has 1 unspecified atom stereocenters. The summed E-state index contributed by atoms with van der Waals surface area (Å²) in [5.74, 6) is -1.69. The van der Waals surface area contributed by atoms with E-state index in [2.05, 4.69) is 13.8 Å². The second-order valence-corrected chi connectivity index (χ2v) is 19.7. The highest BCUT2D eigenvalue weighted by molar-refractivity contribution is 7.47. The molecule has 0 bridgehead atoms. The highest BCUT2D eigenvalue weighted by Gasteiger charge is 2.39. The van der Waals surface area contributed by atoms with E-state index < -0.39 is 44.7 Å². The molecule has 1 saturated carbocycles. The van der Waals surface area contributed by atoms with Crippen molar-refractivity contribution in [2.45, 2.75) is 206 Å². The standard InChI is InChI=1S/C48H88NO11P/c1-6-8-10-11-12-13-14-15-16-17-18-19-20-21-22-23-29-33-48(54)60-42(40-59-61(55,56)58-37-36-49(3,4)5)39-57-47(53)32-28-25-24-27-31-43-44(46(52)38-45(43)51)35-34-41(50)30-26-9-7-2/h24,27,34-35,41-44,46,50,52H,6-23,25-26,28-33,36-40H2,1-5H3/p+1/b27-24-,35-34+/t41-,42+,43+,44+,46+/m0/s1. The van der Waals surface area contributed by atoms with Gasteiger partial charge in [0.2, 0.25) is 0 Å². The Balaban J connectivity index is 2.45. The Morgan fingerprint density at radius 3 is 1.87 bits per heavy atom. The van der Waals surface area contributed by atoms with Gasteiger partial charge in [-0.25, -0.2) is 4.57 Å². The molecule has 0 saturated heterocycles. The highest BCUT2D eigenvalue weighted by Crippen LogP contribution is 2.43. The van der Waals surface area contributed by atoms with E-state index in [1.165, 1.54) is 83.5 Å². The van der Waals surface area contributed by atoms with Crippen LogP contribution in [0.3, 0.4) is 0 Å². The monoisotopic (exact) mass is 887 g/mol. The fraction of sp³-hybridized carbons (Fsp3) is 0.854. The van der Waals surface area contributed by atoms with Crippen molar-refractivity contribution in [2.75, 3.05) is 47.5 Å². The van der Waals surface area contributed by atoms with Crippen LogP contribution in [0.25, 0.3) is 0 Å². The molecule has 0 aromatic heterocycles. The second-order valence-electron chi connectivity index (χ2n) is 18.3. The number of likely N-dealkylation sites (N-methyl/N-ethyl adjacent to an activating group) is 1. The van der Waals surface area contributed by atoms with Crippen LogP contribution in [0.15, 0.2) is 24.3 Å². The zero-order chi connectivity index (χ0) is 45.2. The molecule has 6 atom stereocenters. The van der Waals surface area contributed by atoms with Crippen LogP contribution in [0.1, 0.15) is 187 Å². The summed E-state index contributed by atoms with van der Waals surface area (Å²) in [5.41, 5.74) is 0. The quantitative estimate of drug-likeness (QED) is 0.0176. The molecule has 13 heteroatoms. The van der Waals surface area contributed by atoms with Crippen molar-refractivity contribution in [3.63, 3.8) is 0 Å². The van der Waals surface area contributed by atoms with Crippen LogP contribution >= 0.6 is 7.82 Å². The summed E-state index contributed by atoms with van der Waals surface area (Å²) in [6.45, 7) is 4.03. The number of ether oxygens (including phenoxy) is 2. The SMILES string of the molecule is CCCCCCCCCCCCCCCCCCCC(=O)O[C@H](COC(=O)CCC/C=C\C[C@H]1C(=O)C[C@@H](O)[C@@H]1/C=C/[C@@H](O)CCCCC)COP(=O)(O)OCC[N+](C)(C)C. The van der Waals surface area contributed by atoms with Crippen molar-refractivity contribution in [1.82, 2.24) is 0 Å². The van der Waals surface area contributed by atoms with Crippen molar-refractivity contribution in [2.24, 2.45) is 11.8 Å². The molecular formula is C48H89NO11P+. The van der Waals surface area contributed by atoms with E-state index in [0.717, 1.165) is 38.5 Å². The lowest BCUT2D eigenvalue weighted by Gasteiger charge is -2.24. The van der Waals surface area contributed by atoms with Gasteiger partial charge in [-0.05, 0) is 32.1 Å². The number of phosphoric acid groups is 1. The van der Waals surface area contributed by atoms with E-state index in [-0.39, 0.29) is 50.1 Å². The first kappa shape index (κ1) is 57.1. The molecule has 12 nitrogen and oxygen atoms in total. The Morgan fingerprint density at radius 2 is 1.30 bits per heavy atom. The normalized spacial score (nSPS) is 19.1. The Hall–Kier alpha value is -1.92. The topological polar surface area (TPSA) is 166 Å². The number of quaternary nitrogens is 1. The molecule has 61 heavy (non-hydrogen) atoms.